The molecule has 1 aromatic carbocycles. The predicted octanol–water partition coefficient (Wildman–Crippen LogP) is 5.00. The highest BCUT2D eigenvalue weighted by molar-refractivity contribution is 7.20. The highest BCUT2D eigenvalue weighted by atomic mass is 35.5. The summed E-state index contributed by atoms with van der Waals surface area (Å²) in [6.45, 7) is 4.28. The van der Waals surface area contributed by atoms with Crippen molar-refractivity contribution in [3.63, 3.8) is 0 Å². The Morgan fingerprint density at radius 1 is 1.29 bits per heavy atom. The number of aromatic nitrogens is 4. The minimum atomic E-state index is -0.566. The van der Waals surface area contributed by atoms with Crippen LogP contribution >= 0.6 is 22.9 Å². The third-order valence-corrected chi connectivity index (χ3v) is 7.39. The Morgan fingerprint density at radius 2 is 2.06 bits per heavy atom. The first-order valence-electron chi connectivity index (χ1n) is 10.3. The third-order valence-electron chi connectivity index (χ3n) is 5.87. The van der Waals surface area contributed by atoms with Crippen LogP contribution in [0.4, 0.5) is 0 Å². The van der Waals surface area contributed by atoms with Gasteiger partial charge in [-0.25, -0.2) is 0 Å². The average Bonchev–Trinajstić information content (AvgIpc) is 3.51. The molecular formula is C22H22ClN5O2S. The van der Waals surface area contributed by atoms with Crippen molar-refractivity contribution in [1.29, 1.82) is 0 Å². The number of carbonyl (C=O) groups is 1. The maximum absolute atomic E-state index is 13.3. The molecule has 1 fully saturated rings. The highest BCUT2D eigenvalue weighted by Gasteiger charge is 2.41. The zero-order valence-electron chi connectivity index (χ0n) is 17.3. The monoisotopic (exact) mass is 455 g/mol. The number of carbonyl (C=O) groups excluding carboxylic acids is 1. The van der Waals surface area contributed by atoms with Gasteiger partial charge in [0.05, 0.1) is 17.1 Å². The quantitative estimate of drug-likeness (QED) is 0.457. The average molecular weight is 456 g/mol. The summed E-state index contributed by atoms with van der Waals surface area (Å²) in [5, 5.41) is 13.7. The van der Waals surface area contributed by atoms with E-state index in [0.717, 1.165) is 47.2 Å². The Kier molecular flexibility index (Phi) is 5.06. The smallest absolute Gasteiger partial charge is 0.262 e. The molecule has 3 heterocycles. The summed E-state index contributed by atoms with van der Waals surface area (Å²) < 4.78 is 7.11. The molecule has 160 valence electrons. The fourth-order valence-corrected chi connectivity index (χ4v) is 5.53. The Morgan fingerprint density at radius 3 is 2.77 bits per heavy atom. The molecule has 0 spiro atoms. The number of hydrogen-bond donors (Lipinski definition) is 1. The van der Waals surface area contributed by atoms with Crippen LogP contribution in [0.25, 0.3) is 10.2 Å². The summed E-state index contributed by atoms with van der Waals surface area (Å²) in [7, 11) is 0. The number of fused-ring (bicyclic) bond motifs is 1. The van der Waals surface area contributed by atoms with Gasteiger partial charge in [0.1, 0.15) is 10.4 Å². The van der Waals surface area contributed by atoms with Crippen molar-refractivity contribution in [1.82, 2.24) is 25.2 Å². The van der Waals surface area contributed by atoms with Crippen LogP contribution in [-0.4, -0.2) is 25.8 Å². The van der Waals surface area contributed by atoms with E-state index in [9.17, 15) is 4.79 Å². The summed E-state index contributed by atoms with van der Waals surface area (Å²) in [5.41, 5.74) is 1.32. The number of nitrogens with one attached hydrogen (secondary N) is 1. The van der Waals surface area contributed by atoms with E-state index in [1.807, 2.05) is 41.9 Å². The Bertz CT molecular complexity index is 1270. The van der Waals surface area contributed by atoms with Crippen molar-refractivity contribution in [2.45, 2.75) is 51.6 Å². The lowest BCUT2D eigenvalue weighted by atomic mass is 9.96. The third kappa shape index (κ3) is 3.64. The lowest BCUT2D eigenvalue weighted by molar-refractivity contribution is 0.0896. The van der Waals surface area contributed by atoms with Gasteiger partial charge in [0.2, 0.25) is 5.89 Å². The molecule has 3 aromatic heterocycles. The fraction of sp³-hybridized carbons (Fsp3) is 0.364. The summed E-state index contributed by atoms with van der Waals surface area (Å²) >= 11 is 7.78. The lowest BCUT2D eigenvalue weighted by Crippen LogP contribution is -2.44. The SMILES string of the molecule is Cc1nc(C2(NC(=O)c3cc4c(C)nn(Cc5ccccc5Cl)c4s3)CCCC2)no1. The second-order valence-corrected chi connectivity index (χ2v) is 9.48. The Hall–Kier alpha value is -2.71. The van der Waals surface area contributed by atoms with Gasteiger partial charge in [0.25, 0.3) is 5.91 Å². The molecule has 5 rings (SSSR count). The minimum absolute atomic E-state index is 0.116. The van der Waals surface area contributed by atoms with Crippen LogP contribution in [0.5, 0.6) is 0 Å². The second-order valence-electron chi connectivity index (χ2n) is 8.04. The summed E-state index contributed by atoms with van der Waals surface area (Å²) in [6, 6.07) is 9.66. The molecule has 0 saturated heterocycles. The molecule has 0 aliphatic heterocycles. The largest absolute Gasteiger partial charge is 0.340 e. The van der Waals surface area contributed by atoms with Crippen molar-refractivity contribution in [3.05, 3.63) is 63.2 Å². The van der Waals surface area contributed by atoms with Gasteiger partial charge in [-0.3, -0.25) is 9.48 Å². The first-order valence-corrected chi connectivity index (χ1v) is 11.5. The van der Waals surface area contributed by atoms with Gasteiger partial charge in [-0.1, -0.05) is 47.8 Å². The predicted molar refractivity (Wildman–Crippen MR) is 120 cm³/mol. The van der Waals surface area contributed by atoms with Crippen LogP contribution in [0.3, 0.4) is 0 Å². The zero-order chi connectivity index (χ0) is 21.6. The minimum Gasteiger partial charge on any atom is -0.340 e. The van der Waals surface area contributed by atoms with E-state index < -0.39 is 5.54 Å². The Labute approximate surface area is 188 Å². The van der Waals surface area contributed by atoms with E-state index in [2.05, 4.69) is 20.6 Å². The van der Waals surface area contributed by atoms with Crippen molar-refractivity contribution < 1.29 is 9.32 Å². The topological polar surface area (TPSA) is 85.8 Å². The van der Waals surface area contributed by atoms with Crippen LogP contribution in [0.1, 0.15) is 58.3 Å². The molecule has 1 N–H and O–H groups in total. The normalized spacial score (nSPS) is 15.6. The molecule has 9 heteroatoms. The van der Waals surface area contributed by atoms with E-state index >= 15 is 0 Å². The number of thiophene rings is 1. The van der Waals surface area contributed by atoms with E-state index in [1.54, 1.807) is 6.92 Å². The maximum atomic E-state index is 13.3. The van der Waals surface area contributed by atoms with Gasteiger partial charge in [-0.15, -0.1) is 11.3 Å². The number of amides is 1. The number of halogens is 1. The number of benzene rings is 1. The van der Waals surface area contributed by atoms with Gasteiger partial charge in [0.15, 0.2) is 5.82 Å². The number of nitrogens with zero attached hydrogens (tertiary/aromatic N) is 4. The highest BCUT2D eigenvalue weighted by Crippen LogP contribution is 2.38. The maximum Gasteiger partial charge on any atom is 0.262 e. The van der Waals surface area contributed by atoms with E-state index in [1.165, 1.54) is 11.3 Å². The van der Waals surface area contributed by atoms with E-state index in [4.69, 9.17) is 16.1 Å². The molecular weight excluding hydrogens is 434 g/mol. The molecule has 0 bridgehead atoms. The van der Waals surface area contributed by atoms with Gasteiger partial charge in [-0.05, 0) is 37.5 Å². The number of aryl methyl sites for hydroxylation is 2. The van der Waals surface area contributed by atoms with Crippen LogP contribution in [-0.2, 0) is 12.1 Å². The molecule has 7 nitrogen and oxygen atoms in total. The standard InChI is InChI=1S/C22H22ClN5O2S/c1-13-16-11-18(31-20(16)28(26-13)12-15-7-3-4-8-17(15)23)19(29)25-22(9-5-6-10-22)21-24-14(2)30-27-21/h3-4,7-8,11H,5-6,9-10,12H2,1-2H3,(H,25,29). The molecule has 1 saturated carbocycles. The summed E-state index contributed by atoms with van der Waals surface area (Å²) in [5.74, 6) is 0.958. The summed E-state index contributed by atoms with van der Waals surface area (Å²) in [4.78, 5) is 19.3. The molecule has 0 radical (unpaired) electrons. The molecule has 1 aliphatic rings. The molecule has 1 amide bonds. The zero-order valence-corrected chi connectivity index (χ0v) is 18.9. The first-order chi connectivity index (χ1) is 14.9. The molecule has 0 atom stereocenters. The Balaban J connectivity index is 1.45. The van der Waals surface area contributed by atoms with Crippen LogP contribution in [0.2, 0.25) is 5.02 Å². The van der Waals surface area contributed by atoms with Crippen LogP contribution in [0, 0.1) is 13.8 Å². The van der Waals surface area contributed by atoms with Crippen LogP contribution < -0.4 is 5.32 Å². The number of hydrogen-bond acceptors (Lipinski definition) is 6. The van der Waals surface area contributed by atoms with Crippen molar-refractivity contribution in [2.75, 3.05) is 0 Å². The number of rotatable bonds is 5. The van der Waals surface area contributed by atoms with Crippen molar-refractivity contribution >= 4 is 39.1 Å². The van der Waals surface area contributed by atoms with Crippen molar-refractivity contribution in [2.24, 2.45) is 0 Å². The second kappa shape index (κ2) is 7.76. The van der Waals surface area contributed by atoms with Gasteiger partial charge < -0.3 is 9.84 Å². The molecule has 31 heavy (non-hydrogen) atoms. The van der Waals surface area contributed by atoms with Gasteiger partial charge in [0, 0.05) is 17.3 Å². The molecule has 1 aliphatic carbocycles. The fourth-order valence-electron chi connectivity index (χ4n) is 4.28. The van der Waals surface area contributed by atoms with Crippen LogP contribution in [0.15, 0.2) is 34.9 Å². The first kappa shape index (κ1) is 20.2. The van der Waals surface area contributed by atoms with Gasteiger partial charge in [-0.2, -0.15) is 10.1 Å². The van der Waals surface area contributed by atoms with E-state index in [0.29, 0.717) is 28.2 Å². The van der Waals surface area contributed by atoms with E-state index in [-0.39, 0.29) is 5.91 Å². The van der Waals surface area contributed by atoms with Gasteiger partial charge >= 0.3 is 0 Å². The lowest BCUT2D eigenvalue weighted by Gasteiger charge is -2.26. The summed E-state index contributed by atoms with van der Waals surface area (Å²) in [6.07, 6.45) is 3.65. The molecule has 4 aromatic rings. The van der Waals surface area contributed by atoms with Crippen molar-refractivity contribution in [3.8, 4) is 0 Å². The molecule has 0 unspecified atom stereocenters.